The Labute approximate surface area is 130 Å². The van der Waals surface area contributed by atoms with Crippen LogP contribution < -0.4 is 4.72 Å². The standard InChI is InChI=1S/C16H16ClNO2S/c17-15-5-7-16(8-6-15)21(19,20)18-11-12-9-13-3-1-2-4-14(13)10-12/h1-8,12,18H,9-11H2. The van der Waals surface area contributed by atoms with Crippen LogP contribution in [-0.2, 0) is 22.9 Å². The van der Waals surface area contributed by atoms with Crippen molar-refractivity contribution in [3.63, 3.8) is 0 Å². The molecule has 0 radical (unpaired) electrons. The maximum Gasteiger partial charge on any atom is 0.240 e. The van der Waals surface area contributed by atoms with Gasteiger partial charge in [-0.15, -0.1) is 0 Å². The molecule has 0 atom stereocenters. The van der Waals surface area contributed by atoms with Crippen LogP contribution >= 0.6 is 11.6 Å². The van der Waals surface area contributed by atoms with Gasteiger partial charge in [0.25, 0.3) is 0 Å². The third-order valence-electron chi connectivity index (χ3n) is 3.82. The van der Waals surface area contributed by atoms with Crippen molar-refractivity contribution in [1.29, 1.82) is 0 Å². The Hall–Kier alpha value is -1.36. The second kappa shape index (κ2) is 5.79. The number of halogens is 1. The van der Waals surface area contributed by atoms with E-state index in [2.05, 4.69) is 16.9 Å². The van der Waals surface area contributed by atoms with E-state index in [0.29, 0.717) is 17.5 Å². The summed E-state index contributed by atoms with van der Waals surface area (Å²) in [6, 6.07) is 14.5. The van der Waals surface area contributed by atoms with E-state index in [9.17, 15) is 8.42 Å². The van der Waals surface area contributed by atoms with Crippen molar-refractivity contribution in [1.82, 2.24) is 4.72 Å². The number of sulfonamides is 1. The Bertz CT molecular complexity index is 716. The predicted octanol–water partition coefficient (Wildman–Crippen LogP) is 3.03. The number of rotatable bonds is 4. The van der Waals surface area contributed by atoms with Gasteiger partial charge in [-0.2, -0.15) is 0 Å². The molecule has 1 aliphatic rings. The molecule has 0 aromatic heterocycles. The van der Waals surface area contributed by atoms with Gasteiger partial charge < -0.3 is 0 Å². The van der Waals surface area contributed by atoms with Crippen LogP contribution in [0.4, 0.5) is 0 Å². The third kappa shape index (κ3) is 3.28. The van der Waals surface area contributed by atoms with Gasteiger partial charge in [0.2, 0.25) is 10.0 Å². The number of hydrogen-bond acceptors (Lipinski definition) is 2. The highest BCUT2D eigenvalue weighted by atomic mass is 35.5. The Morgan fingerprint density at radius 3 is 2.14 bits per heavy atom. The van der Waals surface area contributed by atoms with Crippen LogP contribution in [0.15, 0.2) is 53.4 Å². The van der Waals surface area contributed by atoms with Gasteiger partial charge in [0.05, 0.1) is 4.90 Å². The molecule has 110 valence electrons. The zero-order valence-electron chi connectivity index (χ0n) is 11.4. The number of hydrogen-bond donors (Lipinski definition) is 1. The molecule has 0 spiro atoms. The number of benzene rings is 2. The minimum atomic E-state index is -3.46. The van der Waals surface area contributed by atoms with Gasteiger partial charge in [0, 0.05) is 11.6 Å². The van der Waals surface area contributed by atoms with E-state index in [4.69, 9.17) is 11.6 Å². The summed E-state index contributed by atoms with van der Waals surface area (Å²) in [6.07, 6.45) is 1.86. The van der Waals surface area contributed by atoms with Gasteiger partial charge in [0.15, 0.2) is 0 Å². The topological polar surface area (TPSA) is 46.2 Å². The van der Waals surface area contributed by atoms with Crippen molar-refractivity contribution in [2.45, 2.75) is 17.7 Å². The molecular formula is C16H16ClNO2S. The highest BCUT2D eigenvalue weighted by molar-refractivity contribution is 7.89. The lowest BCUT2D eigenvalue weighted by Crippen LogP contribution is -2.29. The molecule has 0 saturated carbocycles. The molecule has 0 unspecified atom stereocenters. The van der Waals surface area contributed by atoms with E-state index >= 15 is 0 Å². The Morgan fingerprint density at radius 2 is 1.57 bits per heavy atom. The predicted molar refractivity (Wildman–Crippen MR) is 84.0 cm³/mol. The minimum absolute atomic E-state index is 0.252. The van der Waals surface area contributed by atoms with Crippen LogP contribution in [0, 0.1) is 5.92 Å². The fourth-order valence-corrected chi connectivity index (χ4v) is 3.96. The van der Waals surface area contributed by atoms with Gasteiger partial charge >= 0.3 is 0 Å². The van der Waals surface area contributed by atoms with E-state index < -0.39 is 10.0 Å². The van der Waals surface area contributed by atoms with Crippen LogP contribution in [0.1, 0.15) is 11.1 Å². The molecule has 0 saturated heterocycles. The van der Waals surface area contributed by atoms with Crippen molar-refractivity contribution in [2.24, 2.45) is 5.92 Å². The van der Waals surface area contributed by atoms with Crippen LogP contribution in [0.5, 0.6) is 0 Å². The molecule has 1 N–H and O–H groups in total. The molecule has 0 aliphatic heterocycles. The second-order valence-corrected chi connectivity index (χ2v) is 7.55. The molecule has 0 heterocycles. The first-order valence-electron chi connectivity index (χ1n) is 6.86. The van der Waals surface area contributed by atoms with Crippen LogP contribution in [0.2, 0.25) is 5.02 Å². The van der Waals surface area contributed by atoms with E-state index in [1.54, 1.807) is 12.1 Å². The van der Waals surface area contributed by atoms with Gasteiger partial charge in [-0.3, -0.25) is 0 Å². The summed E-state index contributed by atoms with van der Waals surface area (Å²) in [5, 5.41) is 0.528. The Kier molecular flexibility index (Phi) is 4.02. The van der Waals surface area contributed by atoms with E-state index in [1.165, 1.54) is 23.3 Å². The summed E-state index contributed by atoms with van der Waals surface area (Å²) in [5.74, 6) is 0.324. The summed E-state index contributed by atoms with van der Waals surface area (Å²) in [5.41, 5.74) is 2.65. The zero-order valence-corrected chi connectivity index (χ0v) is 13.0. The second-order valence-electron chi connectivity index (χ2n) is 5.35. The van der Waals surface area contributed by atoms with E-state index in [-0.39, 0.29) is 4.90 Å². The Morgan fingerprint density at radius 1 is 1.00 bits per heavy atom. The lowest BCUT2D eigenvalue weighted by Gasteiger charge is -2.11. The minimum Gasteiger partial charge on any atom is -0.211 e. The molecule has 5 heteroatoms. The monoisotopic (exact) mass is 321 g/mol. The first-order chi connectivity index (χ1) is 10.0. The smallest absolute Gasteiger partial charge is 0.211 e. The van der Waals surface area contributed by atoms with Gasteiger partial charge in [-0.05, 0) is 54.2 Å². The SMILES string of the molecule is O=S(=O)(NCC1Cc2ccccc2C1)c1ccc(Cl)cc1. The fraction of sp³-hybridized carbons (Fsp3) is 0.250. The molecule has 3 rings (SSSR count). The van der Waals surface area contributed by atoms with Crippen molar-refractivity contribution >= 4 is 21.6 Å². The lowest BCUT2D eigenvalue weighted by molar-refractivity contribution is 0.527. The summed E-state index contributed by atoms with van der Waals surface area (Å²) in [6.45, 7) is 0.458. The lowest BCUT2D eigenvalue weighted by atomic mass is 10.1. The third-order valence-corrected chi connectivity index (χ3v) is 5.51. The highest BCUT2D eigenvalue weighted by Crippen LogP contribution is 2.26. The van der Waals surface area contributed by atoms with Gasteiger partial charge in [0.1, 0.15) is 0 Å². The van der Waals surface area contributed by atoms with E-state index in [1.807, 2.05) is 12.1 Å². The summed E-state index contributed by atoms with van der Waals surface area (Å²) in [7, 11) is -3.46. The Balaban J connectivity index is 1.65. The van der Waals surface area contributed by atoms with Gasteiger partial charge in [-0.25, -0.2) is 13.1 Å². The highest BCUT2D eigenvalue weighted by Gasteiger charge is 2.23. The molecule has 0 amide bonds. The van der Waals surface area contributed by atoms with Crippen LogP contribution in [0.25, 0.3) is 0 Å². The molecule has 0 fully saturated rings. The first kappa shape index (κ1) is 14.6. The van der Waals surface area contributed by atoms with Crippen LogP contribution in [0.3, 0.4) is 0 Å². The maximum absolute atomic E-state index is 12.2. The average Bonchev–Trinajstić information content (AvgIpc) is 2.89. The summed E-state index contributed by atoms with van der Waals surface area (Å²) < 4.78 is 27.1. The molecule has 2 aromatic rings. The maximum atomic E-state index is 12.2. The molecule has 2 aromatic carbocycles. The van der Waals surface area contributed by atoms with Crippen LogP contribution in [-0.4, -0.2) is 15.0 Å². The number of nitrogens with one attached hydrogen (secondary N) is 1. The summed E-state index contributed by atoms with van der Waals surface area (Å²) >= 11 is 5.78. The quantitative estimate of drug-likeness (QED) is 0.941. The van der Waals surface area contributed by atoms with E-state index in [0.717, 1.165) is 12.8 Å². The molecule has 21 heavy (non-hydrogen) atoms. The summed E-state index contributed by atoms with van der Waals surface area (Å²) in [4.78, 5) is 0.252. The molecular weight excluding hydrogens is 306 g/mol. The largest absolute Gasteiger partial charge is 0.240 e. The average molecular weight is 322 g/mol. The zero-order chi connectivity index (χ0) is 14.9. The molecule has 0 bridgehead atoms. The first-order valence-corrected chi connectivity index (χ1v) is 8.73. The molecule has 1 aliphatic carbocycles. The van der Waals surface area contributed by atoms with Crippen molar-refractivity contribution in [3.8, 4) is 0 Å². The van der Waals surface area contributed by atoms with Crippen molar-refractivity contribution in [3.05, 3.63) is 64.7 Å². The fourth-order valence-electron chi connectivity index (χ4n) is 2.72. The van der Waals surface area contributed by atoms with Crippen molar-refractivity contribution < 1.29 is 8.42 Å². The number of fused-ring (bicyclic) bond motifs is 1. The molecule has 3 nitrogen and oxygen atoms in total. The van der Waals surface area contributed by atoms with Gasteiger partial charge in [-0.1, -0.05) is 35.9 Å². The van der Waals surface area contributed by atoms with Crippen molar-refractivity contribution in [2.75, 3.05) is 6.54 Å². The normalized spacial score (nSPS) is 15.1.